The Morgan fingerprint density at radius 1 is 1.02 bits per heavy atom. The number of carbonyl (C=O) groups excluding carboxylic acids is 1. The number of benzene rings is 2. The summed E-state index contributed by atoms with van der Waals surface area (Å²) < 4.78 is 6.70. The first-order valence-corrected chi connectivity index (χ1v) is 18.5. The van der Waals surface area contributed by atoms with Gasteiger partial charge in [0, 0.05) is 47.3 Å². The van der Waals surface area contributed by atoms with E-state index in [0.29, 0.717) is 47.4 Å². The first kappa shape index (κ1) is 34.4. The van der Waals surface area contributed by atoms with Crippen molar-refractivity contribution in [3.05, 3.63) is 92.7 Å². The van der Waals surface area contributed by atoms with Crippen LogP contribution in [0, 0.1) is 0 Å². The third-order valence-electron chi connectivity index (χ3n) is 9.63. The number of carboxylic acid groups (broad SMARTS) is 1. The lowest BCUT2D eigenvalue weighted by molar-refractivity contribution is -0.142. The molecule has 2 fully saturated rings. The summed E-state index contributed by atoms with van der Waals surface area (Å²) in [6.07, 6.45) is 7.94. The van der Waals surface area contributed by atoms with E-state index in [2.05, 4.69) is 10.3 Å². The van der Waals surface area contributed by atoms with Crippen LogP contribution in [0.4, 0.5) is 0 Å². The molecule has 12 heteroatoms. The third-order valence-corrected chi connectivity index (χ3v) is 11.5. The lowest BCUT2D eigenvalue weighted by Gasteiger charge is -2.19. The second-order valence-corrected chi connectivity index (χ2v) is 14.7. The number of halogens is 2. The molecule has 0 spiro atoms. The number of likely N-dealkylation sites (tertiary alicyclic amines) is 1. The number of hydrogen-bond acceptors (Lipinski definition) is 8. The second kappa shape index (κ2) is 15.0. The van der Waals surface area contributed by atoms with Crippen molar-refractivity contribution in [2.45, 2.75) is 70.0 Å². The van der Waals surface area contributed by atoms with Gasteiger partial charge < -0.3 is 15.2 Å². The summed E-state index contributed by atoms with van der Waals surface area (Å²) in [7, 11) is 1.63. The molecule has 2 N–H and O–H groups in total. The highest BCUT2D eigenvalue weighted by Crippen LogP contribution is 2.41. The number of carbonyl (C=O) groups is 2. The molecule has 7 rings (SSSR count). The molecule has 0 bridgehead atoms. The average Bonchev–Trinajstić information content (AvgIpc) is 3.86. The average molecular weight is 731 g/mol. The maximum absolute atomic E-state index is 11.7. The number of pyridine rings is 2. The number of nitrogens with zero attached hydrogens (tertiary/aromatic N) is 4. The van der Waals surface area contributed by atoms with Gasteiger partial charge in [0.25, 0.3) is 0 Å². The molecule has 9 nitrogen and oxygen atoms in total. The van der Waals surface area contributed by atoms with Crippen LogP contribution in [0.3, 0.4) is 0 Å². The van der Waals surface area contributed by atoms with Crippen molar-refractivity contribution >= 4 is 56.6 Å². The number of rotatable bonds is 12. The molecule has 0 aliphatic carbocycles. The van der Waals surface area contributed by atoms with Crippen LogP contribution in [-0.4, -0.2) is 62.6 Å². The largest absolute Gasteiger partial charge is 0.481 e. The van der Waals surface area contributed by atoms with Crippen LogP contribution in [0.5, 0.6) is 5.88 Å². The Labute approximate surface area is 304 Å². The normalized spacial score (nSPS) is 17.8. The first-order valence-electron chi connectivity index (χ1n) is 16.9. The maximum atomic E-state index is 11.7. The van der Waals surface area contributed by atoms with E-state index in [1.165, 1.54) is 0 Å². The van der Waals surface area contributed by atoms with Gasteiger partial charge in [-0.3, -0.25) is 19.5 Å². The molecule has 5 heterocycles. The van der Waals surface area contributed by atoms with E-state index < -0.39 is 12.0 Å². The number of ether oxygens (including phenoxy) is 1. The molecule has 3 aromatic heterocycles. The number of hydrogen-bond donors (Lipinski definition) is 2. The van der Waals surface area contributed by atoms with Gasteiger partial charge in [-0.15, -0.1) is 11.3 Å². The molecular weight excluding hydrogens is 693 g/mol. The summed E-state index contributed by atoms with van der Waals surface area (Å²) in [5, 5.41) is 14.7. The van der Waals surface area contributed by atoms with Crippen molar-refractivity contribution in [1.82, 2.24) is 25.2 Å². The number of nitrogens with one attached hydrogen (secondary N) is 1. The fourth-order valence-electron chi connectivity index (χ4n) is 7.08. The van der Waals surface area contributed by atoms with E-state index in [1.807, 2.05) is 59.5 Å². The maximum Gasteiger partial charge on any atom is 0.320 e. The van der Waals surface area contributed by atoms with Crippen molar-refractivity contribution < 1.29 is 19.4 Å². The highest BCUT2D eigenvalue weighted by molar-refractivity contribution is 7.18. The molecule has 50 heavy (non-hydrogen) atoms. The number of aromatic nitrogens is 3. The van der Waals surface area contributed by atoms with Crippen LogP contribution < -0.4 is 10.1 Å². The predicted octanol–water partition coefficient (Wildman–Crippen LogP) is 7.98. The fourth-order valence-corrected chi connectivity index (χ4v) is 8.71. The summed E-state index contributed by atoms with van der Waals surface area (Å²) in [6.45, 7) is 1.26. The SMILES string of the molecule is COc1nc(-c2cccc(-c3cccc(Cc4nccc5sc(CN6CCC[C@@H]6C(=O)O)nc45)c3Cl)c2Cl)ccc1CCC[C@@H]1CCC(=O)N1. The number of methoxy groups -OCH3 is 1. The zero-order valence-electron chi connectivity index (χ0n) is 27.6. The smallest absolute Gasteiger partial charge is 0.320 e. The number of amides is 1. The van der Waals surface area contributed by atoms with Gasteiger partial charge in [-0.2, -0.15) is 0 Å². The van der Waals surface area contributed by atoms with E-state index in [9.17, 15) is 14.7 Å². The summed E-state index contributed by atoms with van der Waals surface area (Å²) >= 11 is 15.8. The predicted molar refractivity (Wildman–Crippen MR) is 197 cm³/mol. The van der Waals surface area contributed by atoms with E-state index in [1.54, 1.807) is 24.6 Å². The lowest BCUT2D eigenvalue weighted by atomic mass is 9.97. The molecule has 2 aliphatic rings. The van der Waals surface area contributed by atoms with Gasteiger partial charge in [-0.1, -0.05) is 65.7 Å². The molecule has 2 aliphatic heterocycles. The third kappa shape index (κ3) is 7.21. The van der Waals surface area contributed by atoms with Crippen molar-refractivity contribution in [2.24, 2.45) is 0 Å². The van der Waals surface area contributed by atoms with Crippen LogP contribution in [0.15, 0.2) is 60.8 Å². The van der Waals surface area contributed by atoms with Gasteiger partial charge in [-0.05, 0) is 62.8 Å². The summed E-state index contributed by atoms with van der Waals surface area (Å²) in [6, 6.07) is 17.5. The Hall–Kier alpha value is -4.09. The second-order valence-electron chi connectivity index (χ2n) is 12.9. The monoisotopic (exact) mass is 729 g/mol. The summed E-state index contributed by atoms with van der Waals surface area (Å²) in [4.78, 5) is 39.7. The number of carboxylic acids is 1. The van der Waals surface area contributed by atoms with Gasteiger partial charge in [0.2, 0.25) is 11.8 Å². The van der Waals surface area contributed by atoms with Crippen molar-refractivity contribution in [3.8, 4) is 28.3 Å². The van der Waals surface area contributed by atoms with Crippen LogP contribution in [0.1, 0.15) is 60.4 Å². The van der Waals surface area contributed by atoms with Crippen molar-refractivity contribution in [2.75, 3.05) is 13.7 Å². The van der Waals surface area contributed by atoms with E-state index in [-0.39, 0.29) is 11.9 Å². The quantitative estimate of drug-likeness (QED) is 0.133. The molecule has 2 saturated heterocycles. The van der Waals surface area contributed by atoms with Crippen LogP contribution >= 0.6 is 34.5 Å². The van der Waals surface area contributed by atoms with Gasteiger partial charge in [0.05, 0.1) is 39.8 Å². The number of fused-ring (bicyclic) bond motifs is 1. The summed E-state index contributed by atoms with van der Waals surface area (Å²) in [5.74, 6) is -0.0784. The minimum atomic E-state index is -0.778. The van der Waals surface area contributed by atoms with Crippen molar-refractivity contribution in [3.63, 3.8) is 0 Å². The molecule has 1 amide bonds. The molecule has 2 aromatic carbocycles. The minimum absolute atomic E-state index is 0.137. The minimum Gasteiger partial charge on any atom is -0.481 e. The van der Waals surface area contributed by atoms with Crippen LogP contribution in [-0.2, 0) is 29.0 Å². The number of aliphatic carboxylic acids is 1. The molecule has 2 atom stereocenters. The molecule has 5 aromatic rings. The summed E-state index contributed by atoms with van der Waals surface area (Å²) in [5.41, 5.74) is 6.60. The molecular formula is C38H37Cl2N5O4S. The first-order chi connectivity index (χ1) is 24.3. The van der Waals surface area contributed by atoms with Gasteiger partial charge in [0.15, 0.2) is 0 Å². The Bertz CT molecular complexity index is 2070. The Morgan fingerprint density at radius 2 is 1.82 bits per heavy atom. The number of thiazole rings is 1. The van der Waals surface area contributed by atoms with Crippen LogP contribution in [0.2, 0.25) is 10.0 Å². The van der Waals surface area contributed by atoms with Crippen molar-refractivity contribution in [1.29, 1.82) is 0 Å². The highest BCUT2D eigenvalue weighted by Gasteiger charge is 2.31. The standard InChI is InChI=1S/C38H37Cl2N5O4S/c1-49-37-22(6-2-8-24-14-16-32(46)42-24)13-15-28(43-37)27-11-4-10-26(35(27)40)25-9-3-7-23(34(25)39)20-29-36-31(17-18-41-29)50-33(44-36)21-45-19-5-12-30(45)38(47)48/h3-4,7,9-11,13,15,17-18,24,30H,2,5-6,8,12,14,16,19-21H2,1H3,(H,42,46)(H,47,48)/t24-,30-/m1/s1. The van der Waals surface area contributed by atoms with Crippen LogP contribution in [0.25, 0.3) is 32.6 Å². The molecule has 0 saturated carbocycles. The van der Waals surface area contributed by atoms with Gasteiger partial charge in [0.1, 0.15) is 16.6 Å². The zero-order chi connectivity index (χ0) is 34.8. The van der Waals surface area contributed by atoms with E-state index >= 15 is 0 Å². The molecule has 258 valence electrons. The Balaban J connectivity index is 1.11. The molecule has 0 radical (unpaired) electrons. The Kier molecular flexibility index (Phi) is 10.3. The van der Waals surface area contributed by atoms with E-state index in [4.69, 9.17) is 37.9 Å². The topological polar surface area (TPSA) is 118 Å². The molecule has 0 unspecified atom stereocenters. The van der Waals surface area contributed by atoms with Gasteiger partial charge in [-0.25, -0.2) is 9.97 Å². The Morgan fingerprint density at radius 3 is 2.60 bits per heavy atom. The van der Waals surface area contributed by atoms with Gasteiger partial charge >= 0.3 is 5.97 Å². The van der Waals surface area contributed by atoms with E-state index in [0.717, 1.165) is 87.4 Å². The highest BCUT2D eigenvalue weighted by atomic mass is 35.5. The zero-order valence-corrected chi connectivity index (χ0v) is 30.0. The lowest BCUT2D eigenvalue weighted by Crippen LogP contribution is -2.35. The number of aryl methyl sites for hydroxylation is 1. The fraction of sp³-hybridized carbons (Fsp3) is 0.342.